The number of hydrogen-bond donors (Lipinski definition) is 1. The van der Waals surface area contributed by atoms with E-state index in [0.29, 0.717) is 17.0 Å². The summed E-state index contributed by atoms with van der Waals surface area (Å²) in [6.45, 7) is 1.64. The average molecular weight is 349 g/mol. The highest BCUT2D eigenvalue weighted by Gasteiger charge is 2.16. The average Bonchev–Trinajstić information content (AvgIpc) is 3.01. The number of carbonyl (C=O) groups is 1. The van der Waals surface area contributed by atoms with E-state index in [1.807, 2.05) is 36.4 Å². The lowest BCUT2D eigenvalue weighted by Crippen LogP contribution is -2.30. The first kappa shape index (κ1) is 16.1. The smallest absolute Gasteiger partial charge is 0.265 e. The molecule has 0 fully saturated rings. The summed E-state index contributed by atoms with van der Waals surface area (Å²) in [6.07, 6.45) is -0.730. The summed E-state index contributed by atoms with van der Waals surface area (Å²) < 4.78 is 24.3. The van der Waals surface area contributed by atoms with Crippen molar-refractivity contribution in [2.75, 3.05) is 5.32 Å². The molecule has 0 spiro atoms. The largest absolute Gasteiger partial charge is 0.481 e. The van der Waals surface area contributed by atoms with Crippen LogP contribution in [0.25, 0.3) is 21.9 Å². The number of amides is 1. The number of furan rings is 1. The van der Waals surface area contributed by atoms with Crippen LogP contribution in [-0.2, 0) is 4.79 Å². The van der Waals surface area contributed by atoms with Crippen LogP contribution in [0, 0.1) is 5.82 Å². The number of benzene rings is 3. The van der Waals surface area contributed by atoms with E-state index >= 15 is 0 Å². The third kappa shape index (κ3) is 3.11. The quantitative estimate of drug-likeness (QED) is 0.555. The maximum atomic E-state index is 12.9. The first-order valence-electron chi connectivity index (χ1n) is 8.24. The number of rotatable bonds is 4. The molecule has 0 saturated heterocycles. The molecular weight excluding hydrogens is 333 g/mol. The minimum absolute atomic E-state index is 0.301. The van der Waals surface area contributed by atoms with Gasteiger partial charge >= 0.3 is 0 Å². The molecular formula is C21H16FNO3. The molecule has 4 aromatic rings. The number of ether oxygens (including phenoxy) is 1. The Kier molecular flexibility index (Phi) is 4.05. The van der Waals surface area contributed by atoms with E-state index in [-0.39, 0.29) is 11.7 Å². The van der Waals surface area contributed by atoms with E-state index in [9.17, 15) is 9.18 Å². The number of fused-ring (bicyclic) bond motifs is 3. The highest BCUT2D eigenvalue weighted by atomic mass is 19.1. The zero-order chi connectivity index (χ0) is 18.1. The minimum Gasteiger partial charge on any atom is -0.481 e. The Balaban J connectivity index is 1.51. The first-order valence-corrected chi connectivity index (χ1v) is 8.24. The van der Waals surface area contributed by atoms with Crippen molar-refractivity contribution >= 4 is 33.5 Å². The molecule has 5 heteroatoms. The highest BCUT2D eigenvalue weighted by molar-refractivity contribution is 6.06. The second-order valence-corrected chi connectivity index (χ2v) is 6.01. The van der Waals surface area contributed by atoms with Crippen LogP contribution in [0.2, 0.25) is 0 Å². The molecule has 1 N–H and O–H groups in total. The standard InChI is InChI=1S/C21H16FNO3/c1-13(25-16-9-6-14(22)7-10-16)21(24)23-15-8-11-18-17-4-2-3-5-19(17)26-20(18)12-15/h2-13H,1H3,(H,23,24)/t13-/m0/s1. The van der Waals surface area contributed by atoms with Gasteiger partial charge in [0.25, 0.3) is 5.91 Å². The fraction of sp³-hybridized carbons (Fsp3) is 0.0952. The summed E-state index contributed by atoms with van der Waals surface area (Å²) in [5.41, 5.74) is 2.13. The summed E-state index contributed by atoms with van der Waals surface area (Å²) in [4.78, 5) is 12.4. The molecule has 4 nitrogen and oxygen atoms in total. The van der Waals surface area contributed by atoms with Gasteiger partial charge in [-0.1, -0.05) is 18.2 Å². The molecule has 26 heavy (non-hydrogen) atoms. The van der Waals surface area contributed by atoms with Crippen LogP contribution < -0.4 is 10.1 Å². The van der Waals surface area contributed by atoms with Crippen molar-refractivity contribution in [3.8, 4) is 5.75 Å². The maximum absolute atomic E-state index is 12.9. The molecule has 0 aliphatic rings. The minimum atomic E-state index is -0.730. The van der Waals surface area contributed by atoms with Gasteiger partial charge in [0.2, 0.25) is 0 Å². The summed E-state index contributed by atoms with van der Waals surface area (Å²) in [5.74, 6) is -0.222. The molecule has 0 aliphatic heterocycles. The zero-order valence-corrected chi connectivity index (χ0v) is 14.0. The Morgan fingerprint density at radius 1 is 1.00 bits per heavy atom. The number of para-hydroxylation sites is 1. The van der Waals surface area contributed by atoms with Gasteiger partial charge in [0.05, 0.1) is 0 Å². The number of anilines is 1. The molecule has 4 rings (SSSR count). The molecule has 1 aromatic heterocycles. The number of carbonyl (C=O) groups excluding carboxylic acids is 1. The fourth-order valence-electron chi connectivity index (χ4n) is 2.82. The Morgan fingerprint density at radius 3 is 2.54 bits per heavy atom. The Morgan fingerprint density at radius 2 is 1.73 bits per heavy atom. The lowest BCUT2D eigenvalue weighted by molar-refractivity contribution is -0.122. The Labute approximate surface area is 149 Å². The molecule has 3 aromatic carbocycles. The van der Waals surface area contributed by atoms with E-state index < -0.39 is 6.10 Å². The van der Waals surface area contributed by atoms with Crippen LogP contribution in [0.3, 0.4) is 0 Å². The van der Waals surface area contributed by atoms with Gasteiger partial charge in [-0.3, -0.25) is 4.79 Å². The molecule has 0 unspecified atom stereocenters. The van der Waals surface area contributed by atoms with Crippen LogP contribution in [0.5, 0.6) is 5.75 Å². The molecule has 0 radical (unpaired) electrons. The zero-order valence-electron chi connectivity index (χ0n) is 14.0. The monoisotopic (exact) mass is 349 g/mol. The van der Waals surface area contributed by atoms with Crippen LogP contribution in [0.1, 0.15) is 6.92 Å². The Bertz CT molecular complexity index is 1090. The van der Waals surface area contributed by atoms with E-state index in [4.69, 9.17) is 9.15 Å². The normalized spacial score (nSPS) is 12.2. The van der Waals surface area contributed by atoms with Gasteiger partial charge in [-0.2, -0.15) is 0 Å². The van der Waals surface area contributed by atoms with Crippen molar-refractivity contribution in [1.29, 1.82) is 0 Å². The topological polar surface area (TPSA) is 51.5 Å². The molecule has 0 saturated carbocycles. The van der Waals surface area contributed by atoms with Gasteiger partial charge in [-0.05, 0) is 49.4 Å². The van der Waals surface area contributed by atoms with Crippen molar-refractivity contribution in [3.05, 3.63) is 72.5 Å². The van der Waals surface area contributed by atoms with Crippen molar-refractivity contribution in [2.45, 2.75) is 13.0 Å². The highest BCUT2D eigenvalue weighted by Crippen LogP contribution is 2.30. The molecule has 1 heterocycles. The number of nitrogens with one attached hydrogen (secondary N) is 1. The van der Waals surface area contributed by atoms with E-state index in [1.54, 1.807) is 13.0 Å². The van der Waals surface area contributed by atoms with Crippen molar-refractivity contribution in [1.82, 2.24) is 0 Å². The number of halogens is 1. The molecule has 1 amide bonds. The molecule has 0 bridgehead atoms. The summed E-state index contributed by atoms with van der Waals surface area (Å²) in [5, 5.41) is 4.84. The van der Waals surface area contributed by atoms with Gasteiger partial charge in [-0.25, -0.2) is 4.39 Å². The second kappa shape index (κ2) is 6.52. The van der Waals surface area contributed by atoms with E-state index in [0.717, 1.165) is 16.4 Å². The van der Waals surface area contributed by atoms with E-state index in [1.165, 1.54) is 24.3 Å². The first-order chi connectivity index (χ1) is 12.6. The molecule has 130 valence electrons. The second-order valence-electron chi connectivity index (χ2n) is 6.01. The lowest BCUT2D eigenvalue weighted by atomic mass is 10.1. The summed E-state index contributed by atoms with van der Waals surface area (Å²) >= 11 is 0. The third-order valence-electron chi connectivity index (χ3n) is 4.14. The molecule has 0 aliphatic carbocycles. The van der Waals surface area contributed by atoms with Crippen LogP contribution in [0.15, 0.2) is 71.1 Å². The summed E-state index contributed by atoms with van der Waals surface area (Å²) in [6, 6.07) is 18.9. The van der Waals surface area contributed by atoms with Crippen LogP contribution in [0.4, 0.5) is 10.1 Å². The van der Waals surface area contributed by atoms with Crippen LogP contribution in [-0.4, -0.2) is 12.0 Å². The fourth-order valence-corrected chi connectivity index (χ4v) is 2.82. The van der Waals surface area contributed by atoms with Gasteiger partial charge in [0, 0.05) is 22.5 Å². The molecule has 1 atom stereocenters. The predicted octanol–water partition coefficient (Wildman–Crippen LogP) is 5.13. The maximum Gasteiger partial charge on any atom is 0.265 e. The van der Waals surface area contributed by atoms with Crippen molar-refractivity contribution < 1.29 is 18.3 Å². The predicted molar refractivity (Wildman–Crippen MR) is 98.8 cm³/mol. The summed E-state index contributed by atoms with van der Waals surface area (Å²) in [7, 11) is 0. The Hall–Kier alpha value is -3.34. The van der Waals surface area contributed by atoms with Gasteiger partial charge < -0.3 is 14.5 Å². The van der Waals surface area contributed by atoms with Gasteiger partial charge in [0.1, 0.15) is 22.7 Å². The third-order valence-corrected chi connectivity index (χ3v) is 4.14. The van der Waals surface area contributed by atoms with Gasteiger partial charge in [-0.15, -0.1) is 0 Å². The lowest BCUT2D eigenvalue weighted by Gasteiger charge is -2.14. The number of hydrogen-bond acceptors (Lipinski definition) is 3. The van der Waals surface area contributed by atoms with Crippen molar-refractivity contribution in [3.63, 3.8) is 0 Å². The van der Waals surface area contributed by atoms with Gasteiger partial charge in [0.15, 0.2) is 6.10 Å². The van der Waals surface area contributed by atoms with Crippen LogP contribution >= 0.6 is 0 Å². The van der Waals surface area contributed by atoms with E-state index in [2.05, 4.69) is 5.32 Å². The van der Waals surface area contributed by atoms with Crippen molar-refractivity contribution in [2.24, 2.45) is 0 Å². The SMILES string of the molecule is C[C@H](Oc1ccc(F)cc1)C(=O)Nc1ccc2c(c1)oc1ccccc12.